The summed E-state index contributed by atoms with van der Waals surface area (Å²) in [6, 6.07) is 6.03. The maximum Gasteiger partial charge on any atom is 0.261 e. The van der Waals surface area contributed by atoms with Crippen LogP contribution in [0, 0.1) is 0 Å². The number of aryl methyl sites for hydroxylation is 1. The predicted molar refractivity (Wildman–Crippen MR) is 105 cm³/mol. The van der Waals surface area contributed by atoms with Crippen LogP contribution in [0.15, 0.2) is 35.3 Å². The fourth-order valence-corrected chi connectivity index (χ4v) is 3.95. The Bertz CT molecular complexity index is 1160. The first-order valence-corrected chi connectivity index (χ1v) is 9.57. The Kier molecular flexibility index (Phi) is 5.23. The lowest BCUT2D eigenvalue weighted by Gasteiger charge is -2.26. The van der Waals surface area contributed by atoms with Crippen molar-refractivity contribution in [1.29, 1.82) is 0 Å². The zero-order valence-corrected chi connectivity index (χ0v) is 16.6. The van der Waals surface area contributed by atoms with E-state index in [1.54, 1.807) is 42.4 Å². The summed E-state index contributed by atoms with van der Waals surface area (Å²) in [4.78, 5) is 32.3. The van der Waals surface area contributed by atoms with E-state index in [2.05, 4.69) is 10.1 Å². The second kappa shape index (κ2) is 7.85. The molecule has 0 spiro atoms. The van der Waals surface area contributed by atoms with E-state index in [0.717, 1.165) is 4.57 Å². The van der Waals surface area contributed by atoms with Crippen molar-refractivity contribution in [3.8, 4) is 5.88 Å². The zero-order chi connectivity index (χ0) is 21.4. The van der Waals surface area contributed by atoms with Crippen LogP contribution >= 0.6 is 0 Å². The molecule has 2 aromatic heterocycles. The molecule has 0 saturated carbocycles. The average Bonchev–Trinajstić information content (AvgIpc) is 3.35. The van der Waals surface area contributed by atoms with E-state index in [9.17, 15) is 18.4 Å². The van der Waals surface area contributed by atoms with Gasteiger partial charge in [-0.1, -0.05) is 12.1 Å². The van der Waals surface area contributed by atoms with Crippen LogP contribution < -0.4 is 10.3 Å². The van der Waals surface area contributed by atoms with Gasteiger partial charge in [-0.15, -0.1) is 5.10 Å². The van der Waals surface area contributed by atoms with Gasteiger partial charge in [0.05, 0.1) is 30.6 Å². The molecule has 1 aromatic carbocycles. The van der Waals surface area contributed by atoms with Gasteiger partial charge < -0.3 is 9.64 Å². The Morgan fingerprint density at radius 1 is 1.33 bits per heavy atom. The number of benzene rings is 1. The number of halogens is 2. The minimum atomic E-state index is -2.73. The number of nitrogens with zero attached hydrogens (tertiary/aromatic N) is 5. The molecule has 3 heterocycles. The highest BCUT2D eigenvalue weighted by molar-refractivity contribution is 5.96. The number of amides is 1. The van der Waals surface area contributed by atoms with Crippen LogP contribution in [0.2, 0.25) is 0 Å². The lowest BCUT2D eigenvalue weighted by atomic mass is 10.1. The summed E-state index contributed by atoms with van der Waals surface area (Å²) in [7, 11) is 3.09. The standard InChI is InChI=1S/C20H21F2N5O3/c1-25-10-13(18(24-25)30-2)20(29)26-9-5-8-15(26)17-23-14-7-4-3-6-12(14)19(28)27(17)11-16(21)22/h3-4,6-7,10,15-16H,5,8-9,11H2,1-2H3. The maximum atomic E-state index is 13.3. The first-order chi connectivity index (χ1) is 14.4. The van der Waals surface area contributed by atoms with Crippen LogP contribution in [-0.4, -0.2) is 50.2 Å². The number of alkyl halides is 2. The number of hydrogen-bond donors (Lipinski definition) is 0. The van der Waals surface area contributed by atoms with Crippen LogP contribution in [0.1, 0.15) is 35.1 Å². The number of likely N-dealkylation sites (tertiary alicyclic amines) is 1. The van der Waals surface area contributed by atoms with E-state index < -0.39 is 24.6 Å². The van der Waals surface area contributed by atoms with E-state index in [-0.39, 0.29) is 28.6 Å². The molecular formula is C20H21F2N5O3. The van der Waals surface area contributed by atoms with E-state index in [1.807, 2.05) is 0 Å². The van der Waals surface area contributed by atoms with E-state index >= 15 is 0 Å². The third kappa shape index (κ3) is 3.42. The van der Waals surface area contributed by atoms with Gasteiger partial charge in [-0.05, 0) is 25.0 Å². The summed E-state index contributed by atoms with van der Waals surface area (Å²) >= 11 is 0. The number of hydrogen-bond acceptors (Lipinski definition) is 5. The highest BCUT2D eigenvalue weighted by atomic mass is 19.3. The van der Waals surface area contributed by atoms with Gasteiger partial charge in [0.15, 0.2) is 0 Å². The van der Waals surface area contributed by atoms with Crippen LogP contribution in [0.4, 0.5) is 8.78 Å². The van der Waals surface area contributed by atoms with Crippen molar-refractivity contribution in [3.63, 3.8) is 0 Å². The van der Waals surface area contributed by atoms with Crippen LogP contribution in [-0.2, 0) is 13.6 Å². The van der Waals surface area contributed by atoms with E-state index in [1.165, 1.54) is 11.8 Å². The van der Waals surface area contributed by atoms with Crippen molar-refractivity contribution in [2.24, 2.45) is 7.05 Å². The van der Waals surface area contributed by atoms with Gasteiger partial charge in [-0.25, -0.2) is 13.8 Å². The van der Waals surface area contributed by atoms with Gasteiger partial charge in [-0.3, -0.25) is 18.8 Å². The van der Waals surface area contributed by atoms with Gasteiger partial charge in [0.25, 0.3) is 17.9 Å². The first kappa shape index (κ1) is 20.0. The van der Waals surface area contributed by atoms with Gasteiger partial charge in [-0.2, -0.15) is 0 Å². The summed E-state index contributed by atoms with van der Waals surface area (Å²) in [5.41, 5.74) is 0.158. The normalized spacial score (nSPS) is 16.6. The minimum absolute atomic E-state index is 0.174. The summed E-state index contributed by atoms with van der Waals surface area (Å²) in [6.07, 6.45) is 0.00310. The van der Waals surface area contributed by atoms with Crippen molar-refractivity contribution in [1.82, 2.24) is 24.2 Å². The number of methoxy groups -OCH3 is 1. The molecule has 0 radical (unpaired) electrons. The third-order valence-electron chi connectivity index (χ3n) is 5.24. The quantitative estimate of drug-likeness (QED) is 0.637. The molecule has 1 fully saturated rings. The van der Waals surface area contributed by atoms with Crippen molar-refractivity contribution < 1.29 is 18.3 Å². The highest BCUT2D eigenvalue weighted by Crippen LogP contribution is 2.34. The number of aromatic nitrogens is 4. The van der Waals surface area contributed by atoms with Crippen LogP contribution in [0.3, 0.4) is 0 Å². The van der Waals surface area contributed by atoms with E-state index in [0.29, 0.717) is 24.9 Å². The summed E-state index contributed by atoms with van der Waals surface area (Å²) in [5.74, 6) is 0.0192. The van der Waals surface area contributed by atoms with Gasteiger partial charge >= 0.3 is 0 Å². The molecule has 1 aliphatic rings. The largest absolute Gasteiger partial charge is 0.479 e. The number of fused-ring (bicyclic) bond motifs is 1. The molecule has 1 aliphatic heterocycles. The molecule has 0 N–H and O–H groups in total. The number of carbonyl (C=O) groups is 1. The highest BCUT2D eigenvalue weighted by Gasteiger charge is 2.36. The summed E-state index contributed by atoms with van der Waals surface area (Å²) in [6.45, 7) is -0.361. The SMILES string of the molecule is COc1nn(C)cc1C(=O)N1CCCC1c1nc2ccccc2c(=O)n1CC(F)F. The summed E-state index contributed by atoms with van der Waals surface area (Å²) in [5, 5.41) is 4.38. The van der Waals surface area contributed by atoms with Crippen molar-refractivity contribution in [2.45, 2.75) is 31.9 Å². The van der Waals surface area contributed by atoms with Crippen LogP contribution in [0.25, 0.3) is 10.9 Å². The van der Waals surface area contributed by atoms with Gasteiger partial charge in [0.1, 0.15) is 11.4 Å². The third-order valence-corrected chi connectivity index (χ3v) is 5.24. The summed E-state index contributed by atoms with van der Waals surface area (Å²) < 4.78 is 34.3. The number of ether oxygens (including phenoxy) is 1. The molecule has 0 bridgehead atoms. The fraction of sp³-hybridized carbons (Fsp3) is 0.400. The fourth-order valence-electron chi connectivity index (χ4n) is 3.95. The topological polar surface area (TPSA) is 82.2 Å². The molecule has 1 amide bonds. The van der Waals surface area contributed by atoms with Crippen molar-refractivity contribution in [3.05, 3.63) is 52.2 Å². The monoisotopic (exact) mass is 417 g/mol. The lowest BCUT2D eigenvalue weighted by Crippen LogP contribution is -2.36. The first-order valence-electron chi connectivity index (χ1n) is 9.57. The number of rotatable bonds is 5. The predicted octanol–water partition coefficient (Wildman–Crippen LogP) is 2.38. The van der Waals surface area contributed by atoms with Gasteiger partial charge in [0.2, 0.25) is 5.88 Å². The number of carbonyl (C=O) groups excluding carboxylic acids is 1. The molecule has 4 rings (SSSR count). The molecule has 8 nitrogen and oxygen atoms in total. The Balaban J connectivity index is 1.82. The molecular weight excluding hydrogens is 396 g/mol. The van der Waals surface area contributed by atoms with Gasteiger partial charge in [0, 0.05) is 19.8 Å². The Morgan fingerprint density at radius 3 is 2.83 bits per heavy atom. The Morgan fingerprint density at radius 2 is 2.10 bits per heavy atom. The molecule has 1 unspecified atom stereocenters. The molecule has 30 heavy (non-hydrogen) atoms. The smallest absolute Gasteiger partial charge is 0.261 e. The second-order valence-electron chi connectivity index (χ2n) is 7.18. The molecule has 158 valence electrons. The van der Waals surface area contributed by atoms with Crippen LogP contribution in [0.5, 0.6) is 5.88 Å². The lowest BCUT2D eigenvalue weighted by molar-refractivity contribution is 0.0717. The molecule has 0 aliphatic carbocycles. The number of para-hydroxylation sites is 1. The molecule has 1 saturated heterocycles. The van der Waals surface area contributed by atoms with E-state index in [4.69, 9.17) is 4.74 Å². The van der Waals surface area contributed by atoms with Crippen molar-refractivity contribution in [2.75, 3.05) is 13.7 Å². The molecule has 3 aromatic rings. The zero-order valence-electron chi connectivity index (χ0n) is 16.6. The molecule has 10 heteroatoms. The minimum Gasteiger partial charge on any atom is -0.479 e. The second-order valence-corrected chi connectivity index (χ2v) is 7.18. The Hall–Kier alpha value is -3.30. The Labute approximate surface area is 170 Å². The maximum absolute atomic E-state index is 13.3. The average molecular weight is 417 g/mol. The van der Waals surface area contributed by atoms with Crippen molar-refractivity contribution >= 4 is 16.8 Å². The molecule has 1 atom stereocenters.